The van der Waals surface area contributed by atoms with E-state index in [1.54, 1.807) is 0 Å². The molecule has 0 radical (unpaired) electrons. The molecule has 0 saturated heterocycles. The van der Waals surface area contributed by atoms with Crippen LogP contribution in [0.15, 0.2) is 60.7 Å². The number of hydrogen-bond acceptors (Lipinski definition) is 6. The number of rotatable bonds is 10. The molecular weight excluding hydrogens is 394 g/mol. The number of pyridine rings is 1. The highest BCUT2D eigenvalue weighted by Gasteiger charge is 2.16. The molecule has 2 aromatic carbocycles. The van der Waals surface area contributed by atoms with Crippen LogP contribution in [0.5, 0.6) is 5.88 Å². The third-order valence-corrected chi connectivity index (χ3v) is 5.14. The molecular formula is C24H27N3O4. The second kappa shape index (κ2) is 10.6. The summed E-state index contributed by atoms with van der Waals surface area (Å²) in [4.78, 5) is 15.5. The third kappa shape index (κ3) is 5.59. The van der Waals surface area contributed by atoms with Crippen LogP contribution in [-0.2, 0) is 17.9 Å². The molecule has 0 aliphatic rings. The van der Waals surface area contributed by atoms with Crippen molar-refractivity contribution in [1.29, 1.82) is 0 Å². The summed E-state index contributed by atoms with van der Waals surface area (Å²) in [7, 11) is 1.52. The molecule has 1 aromatic heterocycles. The van der Waals surface area contributed by atoms with Gasteiger partial charge in [0.1, 0.15) is 11.9 Å². The van der Waals surface area contributed by atoms with Crippen LogP contribution in [0.4, 0.5) is 5.82 Å². The monoisotopic (exact) mass is 421 g/mol. The Kier molecular flexibility index (Phi) is 7.59. The van der Waals surface area contributed by atoms with E-state index in [1.165, 1.54) is 29.4 Å². The van der Waals surface area contributed by atoms with Crippen molar-refractivity contribution in [3.05, 3.63) is 77.4 Å². The molecule has 162 valence electrons. The molecule has 0 aliphatic carbocycles. The van der Waals surface area contributed by atoms with Crippen molar-refractivity contribution in [3.8, 4) is 17.0 Å². The van der Waals surface area contributed by atoms with Gasteiger partial charge in [-0.05, 0) is 41.3 Å². The van der Waals surface area contributed by atoms with Crippen molar-refractivity contribution in [2.45, 2.75) is 26.1 Å². The maximum atomic E-state index is 11.0. The summed E-state index contributed by atoms with van der Waals surface area (Å²) in [6, 6.07) is 19.1. The predicted octanol–water partition coefficient (Wildman–Crippen LogP) is 3.21. The van der Waals surface area contributed by atoms with Gasteiger partial charge in [0.25, 0.3) is 0 Å². The van der Waals surface area contributed by atoms with E-state index in [0.717, 1.165) is 0 Å². The van der Waals surface area contributed by atoms with Gasteiger partial charge in [0.05, 0.1) is 13.7 Å². The zero-order valence-electron chi connectivity index (χ0n) is 17.6. The molecule has 3 rings (SSSR count). The summed E-state index contributed by atoms with van der Waals surface area (Å²) >= 11 is 0. The van der Waals surface area contributed by atoms with E-state index in [4.69, 9.17) is 14.9 Å². The Morgan fingerprint density at radius 1 is 1.03 bits per heavy atom. The summed E-state index contributed by atoms with van der Waals surface area (Å²) in [5.41, 5.74) is 5.46. The number of ether oxygens (including phenoxy) is 1. The van der Waals surface area contributed by atoms with Crippen molar-refractivity contribution in [1.82, 2.24) is 10.3 Å². The molecule has 0 fully saturated rings. The average molecular weight is 421 g/mol. The van der Waals surface area contributed by atoms with Crippen LogP contribution in [0.1, 0.15) is 16.7 Å². The molecule has 7 nitrogen and oxygen atoms in total. The maximum Gasteiger partial charge on any atom is 0.323 e. The van der Waals surface area contributed by atoms with Crippen LogP contribution in [0.3, 0.4) is 0 Å². The number of aliphatic hydroxyl groups excluding tert-OH is 1. The number of benzene rings is 2. The number of anilines is 1. The molecule has 0 amide bonds. The van der Waals surface area contributed by atoms with Gasteiger partial charge in [-0.15, -0.1) is 0 Å². The smallest absolute Gasteiger partial charge is 0.323 e. The van der Waals surface area contributed by atoms with E-state index in [-0.39, 0.29) is 6.54 Å². The number of carbonyl (C=O) groups is 1. The third-order valence-electron chi connectivity index (χ3n) is 5.14. The van der Waals surface area contributed by atoms with Crippen molar-refractivity contribution < 1.29 is 19.7 Å². The van der Waals surface area contributed by atoms with Crippen molar-refractivity contribution >= 4 is 11.8 Å². The highest BCUT2D eigenvalue weighted by atomic mass is 16.5. The molecule has 4 N–H and O–H groups in total. The fourth-order valence-corrected chi connectivity index (χ4v) is 3.33. The Morgan fingerprint density at radius 3 is 2.48 bits per heavy atom. The van der Waals surface area contributed by atoms with Crippen LogP contribution in [0.25, 0.3) is 11.1 Å². The number of nitrogens with zero attached hydrogens (tertiary/aromatic N) is 1. The highest BCUT2D eigenvalue weighted by Crippen LogP contribution is 2.26. The fraction of sp³-hybridized carbons (Fsp3) is 0.250. The first-order chi connectivity index (χ1) is 15.0. The first-order valence-electron chi connectivity index (χ1n) is 10.0. The molecule has 0 aliphatic heterocycles. The lowest BCUT2D eigenvalue weighted by molar-refractivity contribution is -0.140. The second-order valence-corrected chi connectivity index (χ2v) is 7.13. The molecule has 31 heavy (non-hydrogen) atoms. The van der Waals surface area contributed by atoms with E-state index in [2.05, 4.69) is 52.9 Å². The van der Waals surface area contributed by atoms with E-state index < -0.39 is 18.6 Å². The molecule has 3 aromatic rings. The Bertz CT molecular complexity index is 1020. The summed E-state index contributed by atoms with van der Waals surface area (Å²) in [5, 5.41) is 24.3. The first-order valence-corrected chi connectivity index (χ1v) is 10.0. The van der Waals surface area contributed by atoms with E-state index in [1.807, 2.05) is 30.3 Å². The number of nitrogens with one attached hydrogen (secondary N) is 2. The maximum absolute atomic E-state index is 11.0. The quantitative estimate of drug-likeness (QED) is 0.398. The number of carboxylic acid groups (broad SMARTS) is 1. The topological polar surface area (TPSA) is 104 Å². The Labute approximate surface area is 181 Å². The Hall–Kier alpha value is -3.42. The number of hydrogen-bond donors (Lipinski definition) is 4. The summed E-state index contributed by atoms with van der Waals surface area (Å²) in [6.45, 7) is 2.44. The van der Waals surface area contributed by atoms with Crippen LogP contribution in [0.2, 0.25) is 0 Å². The van der Waals surface area contributed by atoms with Gasteiger partial charge in [0.2, 0.25) is 5.88 Å². The van der Waals surface area contributed by atoms with E-state index in [9.17, 15) is 4.79 Å². The first kappa shape index (κ1) is 22.3. The van der Waals surface area contributed by atoms with Gasteiger partial charge in [0.15, 0.2) is 0 Å². The van der Waals surface area contributed by atoms with Crippen molar-refractivity contribution in [3.63, 3.8) is 0 Å². The lowest BCUT2D eigenvalue weighted by Gasteiger charge is -2.15. The minimum Gasteiger partial charge on any atom is -0.481 e. The van der Waals surface area contributed by atoms with E-state index in [0.29, 0.717) is 23.8 Å². The van der Waals surface area contributed by atoms with Gasteiger partial charge in [-0.2, -0.15) is 4.98 Å². The lowest BCUT2D eigenvalue weighted by atomic mass is 9.96. The van der Waals surface area contributed by atoms with E-state index >= 15 is 0 Å². The van der Waals surface area contributed by atoms with Gasteiger partial charge in [0, 0.05) is 18.7 Å². The second-order valence-electron chi connectivity index (χ2n) is 7.13. The predicted molar refractivity (Wildman–Crippen MR) is 120 cm³/mol. The zero-order chi connectivity index (χ0) is 22.2. The van der Waals surface area contributed by atoms with Crippen LogP contribution in [-0.4, -0.2) is 40.9 Å². The van der Waals surface area contributed by atoms with Gasteiger partial charge < -0.3 is 20.3 Å². The minimum atomic E-state index is -1.11. The standard InChI is InChI=1S/C24H27N3O4/c1-16-18(9-6-10-20(16)17-7-4-3-5-8-17)13-26-22-12-11-19(23(27-22)31-2)14-25-21(15-28)24(29)30/h3-12,21,25,28H,13-15H2,1-2H3,(H,26,27)(H,29,30). The number of aliphatic carboxylic acids is 1. The SMILES string of the molecule is COc1nc(NCc2cccc(-c3ccccc3)c2C)ccc1CNC(CO)C(=O)O. The van der Waals surface area contributed by atoms with Gasteiger partial charge in [-0.3, -0.25) is 10.1 Å². The van der Waals surface area contributed by atoms with Crippen molar-refractivity contribution in [2.75, 3.05) is 19.0 Å². The molecule has 0 saturated carbocycles. The summed E-state index contributed by atoms with van der Waals surface area (Å²) < 4.78 is 5.36. The Balaban J connectivity index is 1.70. The number of methoxy groups -OCH3 is 1. The Morgan fingerprint density at radius 2 is 1.81 bits per heavy atom. The summed E-state index contributed by atoms with van der Waals surface area (Å²) in [6.07, 6.45) is 0. The molecule has 1 heterocycles. The highest BCUT2D eigenvalue weighted by molar-refractivity contribution is 5.73. The molecule has 1 unspecified atom stereocenters. The van der Waals surface area contributed by atoms with Crippen molar-refractivity contribution in [2.24, 2.45) is 0 Å². The number of aliphatic hydroxyl groups is 1. The van der Waals surface area contributed by atoms with Crippen LogP contribution in [0, 0.1) is 6.92 Å². The van der Waals surface area contributed by atoms with Gasteiger partial charge >= 0.3 is 5.97 Å². The minimum absolute atomic E-state index is 0.214. The average Bonchev–Trinajstić information content (AvgIpc) is 2.79. The molecule has 0 spiro atoms. The molecule has 7 heteroatoms. The fourth-order valence-electron chi connectivity index (χ4n) is 3.33. The number of carboxylic acids is 1. The largest absolute Gasteiger partial charge is 0.481 e. The van der Waals surface area contributed by atoms with Crippen LogP contribution < -0.4 is 15.4 Å². The van der Waals surface area contributed by atoms with Gasteiger partial charge in [-0.1, -0.05) is 48.5 Å². The normalized spacial score (nSPS) is 11.7. The van der Waals surface area contributed by atoms with Crippen LogP contribution >= 0.6 is 0 Å². The lowest BCUT2D eigenvalue weighted by Crippen LogP contribution is -2.39. The molecule has 0 bridgehead atoms. The summed E-state index contributed by atoms with van der Waals surface area (Å²) in [5.74, 6) is -0.0581. The zero-order valence-corrected chi connectivity index (χ0v) is 17.6. The molecule has 1 atom stereocenters. The van der Waals surface area contributed by atoms with Gasteiger partial charge in [-0.25, -0.2) is 0 Å². The number of aromatic nitrogens is 1.